The molecule has 7 nitrogen and oxygen atoms in total. The van der Waals surface area contributed by atoms with E-state index in [2.05, 4.69) is 5.16 Å². The van der Waals surface area contributed by atoms with E-state index in [1.165, 1.54) is 19.2 Å². The fourth-order valence-electron chi connectivity index (χ4n) is 3.06. The summed E-state index contributed by atoms with van der Waals surface area (Å²) in [5, 5.41) is 12.8. The summed E-state index contributed by atoms with van der Waals surface area (Å²) in [6.45, 7) is 0.462. The number of ether oxygens (including phenoxy) is 2. The van der Waals surface area contributed by atoms with Gasteiger partial charge in [-0.2, -0.15) is 0 Å². The van der Waals surface area contributed by atoms with Crippen LogP contribution in [0.3, 0.4) is 0 Å². The molecule has 0 fully saturated rings. The van der Waals surface area contributed by atoms with Gasteiger partial charge in [-0.15, -0.1) is 0 Å². The Balaban J connectivity index is 1.53. The average molecular weight is 452 g/mol. The van der Waals surface area contributed by atoms with Crippen molar-refractivity contribution in [1.82, 2.24) is 0 Å². The van der Waals surface area contributed by atoms with E-state index in [-0.39, 0.29) is 18.8 Å². The molecule has 3 aromatic carbocycles. The van der Waals surface area contributed by atoms with Gasteiger partial charge in [0.1, 0.15) is 43.4 Å². The van der Waals surface area contributed by atoms with Gasteiger partial charge in [0.25, 0.3) is 0 Å². The van der Waals surface area contributed by atoms with Crippen LogP contribution < -0.4 is 15.2 Å². The molecule has 3 rings (SSSR count). The molecule has 0 saturated carbocycles. The number of nitrogens with two attached hydrogens (primary N) is 1. The van der Waals surface area contributed by atoms with Gasteiger partial charge >= 0.3 is 5.97 Å². The molecule has 8 heteroatoms. The highest BCUT2D eigenvalue weighted by molar-refractivity contribution is 6.01. The van der Waals surface area contributed by atoms with E-state index in [4.69, 9.17) is 25.2 Å². The maximum absolute atomic E-state index is 13.5. The van der Waals surface area contributed by atoms with Crippen LogP contribution in [0.4, 0.5) is 4.39 Å². The summed E-state index contributed by atoms with van der Waals surface area (Å²) in [5.41, 5.74) is 8.58. The second-order valence-corrected chi connectivity index (χ2v) is 7.23. The van der Waals surface area contributed by atoms with Gasteiger partial charge in [-0.05, 0) is 47.5 Å². The van der Waals surface area contributed by atoms with E-state index < -0.39 is 12.0 Å². The first-order valence-corrected chi connectivity index (χ1v) is 10.2. The molecule has 0 aliphatic heterocycles. The van der Waals surface area contributed by atoms with Crippen LogP contribution in [0.25, 0.3) is 0 Å². The van der Waals surface area contributed by atoms with Crippen LogP contribution in [0, 0.1) is 5.82 Å². The maximum atomic E-state index is 13.5. The lowest BCUT2D eigenvalue weighted by Gasteiger charge is -2.12. The normalized spacial score (nSPS) is 12.2. The van der Waals surface area contributed by atoms with Crippen LogP contribution in [0.1, 0.15) is 29.2 Å². The van der Waals surface area contributed by atoms with E-state index in [1.54, 1.807) is 36.4 Å². The number of oxime groups is 1. The summed E-state index contributed by atoms with van der Waals surface area (Å²) in [6.07, 6.45) is -0.129. The number of carboxylic acids is 1. The summed E-state index contributed by atoms with van der Waals surface area (Å²) in [4.78, 5) is 15.6. The Hall–Kier alpha value is -3.91. The molecular weight excluding hydrogens is 427 g/mol. The van der Waals surface area contributed by atoms with Crippen molar-refractivity contribution >= 4 is 11.7 Å². The molecule has 0 aromatic heterocycles. The van der Waals surface area contributed by atoms with Gasteiger partial charge in [-0.25, -0.2) is 4.39 Å². The zero-order chi connectivity index (χ0) is 23.6. The Morgan fingerprint density at radius 2 is 1.70 bits per heavy atom. The maximum Gasteiger partial charge on any atom is 0.305 e. The van der Waals surface area contributed by atoms with Gasteiger partial charge in [-0.3, -0.25) is 4.79 Å². The van der Waals surface area contributed by atoms with Crippen molar-refractivity contribution in [2.75, 3.05) is 13.7 Å². The first kappa shape index (κ1) is 23.7. The predicted octanol–water partition coefficient (Wildman–Crippen LogP) is 4.31. The van der Waals surface area contributed by atoms with E-state index in [9.17, 15) is 9.18 Å². The lowest BCUT2D eigenvalue weighted by Crippen LogP contribution is -2.14. The zero-order valence-corrected chi connectivity index (χ0v) is 18.1. The minimum atomic E-state index is -0.938. The van der Waals surface area contributed by atoms with Gasteiger partial charge in [0, 0.05) is 11.6 Å². The quantitative estimate of drug-likeness (QED) is 0.332. The lowest BCUT2D eigenvalue weighted by molar-refractivity contribution is -0.137. The van der Waals surface area contributed by atoms with Gasteiger partial charge in [0.2, 0.25) is 0 Å². The first-order valence-electron chi connectivity index (χ1n) is 10.2. The number of rotatable bonds is 11. The van der Waals surface area contributed by atoms with Crippen LogP contribution >= 0.6 is 0 Å². The van der Waals surface area contributed by atoms with Crippen molar-refractivity contribution < 1.29 is 28.6 Å². The number of hydrogen-bond donors (Lipinski definition) is 2. The fraction of sp³-hybridized carbons (Fsp3) is 0.200. The molecule has 0 spiro atoms. The molecule has 0 aliphatic carbocycles. The van der Waals surface area contributed by atoms with Gasteiger partial charge in [0.05, 0.1) is 6.42 Å². The lowest BCUT2D eigenvalue weighted by atomic mass is 10.0. The van der Waals surface area contributed by atoms with Crippen molar-refractivity contribution in [3.8, 4) is 11.5 Å². The molecule has 0 saturated heterocycles. The highest BCUT2D eigenvalue weighted by Gasteiger charge is 2.11. The summed E-state index contributed by atoms with van der Waals surface area (Å²) >= 11 is 0. The van der Waals surface area contributed by atoms with E-state index in [0.29, 0.717) is 29.4 Å². The number of carbonyl (C=O) groups is 1. The van der Waals surface area contributed by atoms with Gasteiger partial charge in [0.15, 0.2) is 0 Å². The molecule has 1 atom stereocenters. The summed E-state index contributed by atoms with van der Waals surface area (Å²) < 4.78 is 25.0. The summed E-state index contributed by atoms with van der Waals surface area (Å²) in [5.74, 6) is -0.0299. The number of hydrogen-bond acceptors (Lipinski definition) is 6. The fourth-order valence-corrected chi connectivity index (χ4v) is 3.06. The zero-order valence-electron chi connectivity index (χ0n) is 18.1. The van der Waals surface area contributed by atoms with Crippen LogP contribution in [-0.2, 0) is 16.2 Å². The third kappa shape index (κ3) is 7.33. The van der Waals surface area contributed by atoms with Crippen molar-refractivity contribution in [3.05, 3.63) is 95.3 Å². The second-order valence-electron chi connectivity index (χ2n) is 7.23. The van der Waals surface area contributed by atoms with Crippen molar-refractivity contribution in [2.45, 2.75) is 19.1 Å². The van der Waals surface area contributed by atoms with Crippen molar-refractivity contribution in [1.29, 1.82) is 0 Å². The van der Waals surface area contributed by atoms with Crippen LogP contribution in [0.15, 0.2) is 78.0 Å². The largest absolute Gasteiger partial charge is 0.489 e. The number of aliphatic carboxylic acids is 1. The molecule has 0 aliphatic rings. The van der Waals surface area contributed by atoms with Crippen LogP contribution in [-0.4, -0.2) is 30.5 Å². The Morgan fingerprint density at radius 1 is 1.03 bits per heavy atom. The predicted molar refractivity (Wildman–Crippen MR) is 122 cm³/mol. The topological polar surface area (TPSA) is 103 Å². The molecule has 0 amide bonds. The van der Waals surface area contributed by atoms with Crippen LogP contribution in [0.2, 0.25) is 0 Å². The molecule has 3 aromatic rings. The Morgan fingerprint density at radius 3 is 2.33 bits per heavy atom. The summed E-state index contributed by atoms with van der Waals surface area (Å²) in [7, 11) is 1.42. The third-order valence-electron chi connectivity index (χ3n) is 4.77. The molecular formula is C25H25FN2O5. The number of benzene rings is 3. The van der Waals surface area contributed by atoms with Crippen molar-refractivity contribution in [3.63, 3.8) is 0 Å². The van der Waals surface area contributed by atoms with E-state index in [1.807, 2.05) is 24.3 Å². The SMILES string of the molecule is CO/N=C(\COc1ccc(COc2ccc(C(N)CC(=O)O)cc2)cc1)c1cccc(F)c1. The minimum Gasteiger partial charge on any atom is -0.489 e. The van der Waals surface area contributed by atoms with E-state index >= 15 is 0 Å². The highest BCUT2D eigenvalue weighted by atomic mass is 19.1. The molecule has 0 bridgehead atoms. The molecule has 172 valence electrons. The number of nitrogens with zero attached hydrogens (tertiary/aromatic N) is 1. The number of halogens is 1. The number of carboxylic acid groups (broad SMARTS) is 1. The van der Waals surface area contributed by atoms with Crippen molar-refractivity contribution in [2.24, 2.45) is 10.9 Å². The smallest absolute Gasteiger partial charge is 0.305 e. The molecule has 0 heterocycles. The third-order valence-corrected chi connectivity index (χ3v) is 4.77. The molecule has 33 heavy (non-hydrogen) atoms. The Bertz CT molecular complexity index is 1080. The minimum absolute atomic E-state index is 0.115. The van der Waals surface area contributed by atoms with Gasteiger partial charge < -0.3 is 25.2 Å². The monoisotopic (exact) mass is 452 g/mol. The molecule has 1 unspecified atom stereocenters. The Labute approximate surface area is 191 Å². The average Bonchev–Trinajstić information content (AvgIpc) is 2.81. The Kier molecular flexibility index (Phi) is 8.37. The summed E-state index contributed by atoms with van der Waals surface area (Å²) in [6, 6.07) is 19.9. The molecule has 3 N–H and O–H groups in total. The second kappa shape index (κ2) is 11.6. The van der Waals surface area contributed by atoms with Gasteiger partial charge in [-0.1, -0.05) is 41.6 Å². The van der Waals surface area contributed by atoms with Crippen LogP contribution in [0.5, 0.6) is 11.5 Å². The molecule has 0 radical (unpaired) electrons. The highest BCUT2D eigenvalue weighted by Crippen LogP contribution is 2.20. The van der Waals surface area contributed by atoms with E-state index in [0.717, 1.165) is 11.1 Å². The standard InChI is InChI=1S/C25H25FN2O5/c1-31-28-24(19-3-2-4-20(26)13-19)16-33-21-9-5-17(6-10-21)15-32-22-11-7-18(8-12-22)23(27)14-25(29)30/h2-13,23H,14-16,27H2,1H3,(H,29,30)/b28-24+. The first-order chi connectivity index (χ1) is 15.9.